The summed E-state index contributed by atoms with van der Waals surface area (Å²) < 4.78 is 28.6. The fourth-order valence-electron chi connectivity index (χ4n) is 1.85. The third kappa shape index (κ3) is 2.81. The van der Waals surface area contributed by atoms with Gasteiger partial charge in [-0.15, -0.1) is 5.10 Å². The van der Waals surface area contributed by atoms with E-state index in [4.69, 9.17) is 11.6 Å². The van der Waals surface area contributed by atoms with Crippen molar-refractivity contribution in [1.29, 1.82) is 0 Å². The number of hydrogen-bond donors (Lipinski definition) is 1. The van der Waals surface area contributed by atoms with Crippen LogP contribution >= 0.6 is 27.5 Å². The Morgan fingerprint density at radius 2 is 2.19 bits per heavy atom. The zero-order valence-electron chi connectivity index (χ0n) is 10.3. The topological polar surface area (TPSA) is 55.1 Å². The minimum Gasteiger partial charge on any atom is -0.364 e. The van der Waals surface area contributed by atoms with Gasteiger partial charge in [0, 0.05) is 18.9 Å². The highest BCUT2D eigenvalue weighted by Crippen LogP contribution is 2.27. The van der Waals surface area contributed by atoms with Crippen molar-refractivity contribution in [2.75, 3.05) is 5.32 Å². The van der Waals surface area contributed by atoms with Gasteiger partial charge in [0.15, 0.2) is 11.6 Å². The van der Waals surface area contributed by atoms with E-state index in [2.05, 4.69) is 36.3 Å². The first-order chi connectivity index (χ1) is 10.0. The molecule has 9 heteroatoms. The van der Waals surface area contributed by atoms with E-state index in [1.54, 1.807) is 6.07 Å². The summed E-state index contributed by atoms with van der Waals surface area (Å²) in [6.07, 6.45) is 2.79. The molecule has 0 aromatic carbocycles. The maximum Gasteiger partial charge on any atom is 0.243 e. The lowest BCUT2D eigenvalue weighted by Gasteiger charge is -2.08. The summed E-state index contributed by atoms with van der Waals surface area (Å²) >= 11 is 8.88. The molecule has 3 aromatic rings. The number of pyridine rings is 1. The van der Waals surface area contributed by atoms with Crippen LogP contribution in [-0.4, -0.2) is 19.6 Å². The fraction of sp³-hybridized carbons (Fsp3) is 0.0833. The molecule has 3 heterocycles. The van der Waals surface area contributed by atoms with E-state index in [0.29, 0.717) is 5.56 Å². The van der Waals surface area contributed by atoms with E-state index in [-0.39, 0.29) is 27.6 Å². The zero-order valence-corrected chi connectivity index (χ0v) is 12.7. The van der Waals surface area contributed by atoms with Crippen LogP contribution in [0.5, 0.6) is 0 Å². The van der Waals surface area contributed by atoms with E-state index in [9.17, 15) is 8.78 Å². The van der Waals surface area contributed by atoms with Crippen molar-refractivity contribution in [2.24, 2.45) is 0 Å². The lowest BCUT2D eigenvalue weighted by Crippen LogP contribution is -2.06. The number of rotatable bonds is 3. The number of halogens is 4. The average Bonchev–Trinajstić information content (AvgIpc) is 2.71. The Hall–Kier alpha value is -1.80. The van der Waals surface area contributed by atoms with E-state index in [1.165, 1.54) is 23.0 Å². The van der Waals surface area contributed by atoms with Crippen LogP contribution < -0.4 is 5.32 Å². The summed E-state index contributed by atoms with van der Waals surface area (Å²) in [6, 6.07) is 2.91. The Bertz CT molecular complexity index is 823. The second-order valence-corrected chi connectivity index (χ2v) is 5.35. The molecule has 0 aliphatic carbocycles. The van der Waals surface area contributed by atoms with Gasteiger partial charge in [0.25, 0.3) is 0 Å². The maximum atomic E-state index is 14.0. The Morgan fingerprint density at radius 3 is 2.95 bits per heavy atom. The molecule has 5 nitrogen and oxygen atoms in total. The largest absolute Gasteiger partial charge is 0.364 e. The molecule has 0 saturated heterocycles. The zero-order chi connectivity index (χ0) is 15.0. The van der Waals surface area contributed by atoms with Crippen LogP contribution in [0.1, 0.15) is 5.56 Å². The van der Waals surface area contributed by atoms with Crippen molar-refractivity contribution in [1.82, 2.24) is 19.6 Å². The van der Waals surface area contributed by atoms with Crippen molar-refractivity contribution in [3.8, 4) is 0 Å². The molecular weight excluding hydrogens is 368 g/mol. The number of hydrogen-bond acceptors (Lipinski definition) is 4. The van der Waals surface area contributed by atoms with Crippen LogP contribution in [0, 0.1) is 11.8 Å². The van der Waals surface area contributed by atoms with Gasteiger partial charge >= 0.3 is 0 Å². The van der Waals surface area contributed by atoms with Gasteiger partial charge in [-0.3, -0.25) is 0 Å². The molecule has 0 bridgehead atoms. The van der Waals surface area contributed by atoms with E-state index in [1.807, 2.05) is 0 Å². The highest BCUT2D eigenvalue weighted by molar-refractivity contribution is 9.10. The number of nitrogens with one attached hydrogen (secondary N) is 1. The van der Waals surface area contributed by atoms with Gasteiger partial charge in [-0.2, -0.15) is 9.37 Å². The monoisotopic (exact) mass is 373 g/mol. The van der Waals surface area contributed by atoms with Gasteiger partial charge < -0.3 is 5.32 Å². The van der Waals surface area contributed by atoms with Crippen molar-refractivity contribution in [3.05, 3.63) is 51.6 Å². The first-order valence-corrected chi connectivity index (χ1v) is 6.96. The molecule has 0 spiro atoms. The smallest absolute Gasteiger partial charge is 0.243 e. The van der Waals surface area contributed by atoms with Crippen molar-refractivity contribution in [3.63, 3.8) is 0 Å². The molecular formula is C12H7BrClF2N5. The molecule has 0 saturated carbocycles. The van der Waals surface area contributed by atoms with Crippen LogP contribution in [0.25, 0.3) is 5.52 Å². The van der Waals surface area contributed by atoms with Gasteiger partial charge in [-0.05, 0) is 45.2 Å². The quantitative estimate of drug-likeness (QED) is 0.714. The van der Waals surface area contributed by atoms with Gasteiger partial charge in [0.1, 0.15) is 5.52 Å². The number of nitrogens with zero attached hydrogens (tertiary/aromatic N) is 4. The number of anilines is 1. The molecule has 21 heavy (non-hydrogen) atoms. The summed E-state index contributed by atoms with van der Waals surface area (Å²) in [4.78, 5) is 7.43. The molecule has 108 valence electrons. The molecule has 0 atom stereocenters. The third-order valence-electron chi connectivity index (χ3n) is 2.75. The van der Waals surface area contributed by atoms with Crippen LogP contribution in [0.4, 0.5) is 14.6 Å². The van der Waals surface area contributed by atoms with Gasteiger partial charge in [-0.25, -0.2) is 13.9 Å². The second-order valence-electron chi connectivity index (χ2n) is 4.15. The highest BCUT2D eigenvalue weighted by Gasteiger charge is 2.16. The van der Waals surface area contributed by atoms with E-state index < -0.39 is 11.8 Å². The lowest BCUT2D eigenvalue weighted by molar-refractivity contribution is 0.581. The molecule has 1 N–H and O–H groups in total. The Kier molecular flexibility index (Phi) is 3.73. The maximum absolute atomic E-state index is 14.0. The van der Waals surface area contributed by atoms with Gasteiger partial charge in [0.2, 0.25) is 11.2 Å². The number of aromatic nitrogens is 4. The van der Waals surface area contributed by atoms with Gasteiger partial charge in [0.05, 0.1) is 4.47 Å². The SMILES string of the molecule is Fc1cc(CNc2nc(Cl)nn3cc(Br)c(F)c23)ccn1. The summed E-state index contributed by atoms with van der Waals surface area (Å²) in [5, 5.41) is 6.76. The molecule has 0 aliphatic rings. The molecule has 0 aliphatic heterocycles. The minimum absolute atomic E-state index is 0.0339. The Balaban J connectivity index is 1.96. The average molecular weight is 375 g/mol. The highest BCUT2D eigenvalue weighted by atomic mass is 79.9. The van der Waals surface area contributed by atoms with E-state index in [0.717, 1.165) is 0 Å². The standard InChI is InChI=1S/C12H7BrClF2N5/c13-7-5-21-10(9(7)16)11(19-12(14)20-21)18-4-6-1-2-17-8(15)3-6/h1-3,5H,4H2,(H,18,19,20). The molecule has 0 unspecified atom stereocenters. The van der Waals surface area contributed by atoms with Crippen molar-refractivity contribution in [2.45, 2.75) is 6.54 Å². The van der Waals surface area contributed by atoms with Crippen LogP contribution in [0.15, 0.2) is 29.0 Å². The first kappa shape index (κ1) is 14.2. The fourth-order valence-corrected chi connectivity index (χ4v) is 2.40. The lowest BCUT2D eigenvalue weighted by atomic mass is 10.2. The van der Waals surface area contributed by atoms with Crippen LogP contribution in [0.2, 0.25) is 5.28 Å². The van der Waals surface area contributed by atoms with Crippen molar-refractivity contribution < 1.29 is 8.78 Å². The molecule has 0 radical (unpaired) electrons. The summed E-state index contributed by atoms with van der Waals surface area (Å²) in [5.74, 6) is -0.873. The summed E-state index contributed by atoms with van der Waals surface area (Å²) in [5.41, 5.74) is 0.794. The third-order valence-corrected chi connectivity index (χ3v) is 3.46. The van der Waals surface area contributed by atoms with Gasteiger partial charge in [-0.1, -0.05) is 0 Å². The molecule has 3 rings (SSSR count). The minimum atomic E-state index is -0.586. The number of fused-ring (bicyclic) bond motifs is 1. The second kappa shape index (κ2) is 5.53. The summed E-state index contributed by atoms with van der Waals surface area (Å²) in [6.45, 7) is 0.241. The van der Waals surface area contributed by atoms with Crippen molar-refractivity contribution >= 4 is 38.9 Å². The normalized spacial score (nSPS) is 11.0. The Morgan fingerprint density at radius 1 is 1.38 bits per heavy atom. The first-order valence-electron chi connectivity index (χ1n) is 5.79. The molecule has 0 fully saturated rings. The van der Waals surface area contributed by atoms with Crippen LogP contribution in [0.3, 0.4) is 0 Å². The van der Waals surface area contributed by atoms with E-state index >= 15 is 0 Å². The predicted molar refractivity (Wildman–Crippen MR) is 77.2 cm³/mol. The Labute approximate surface area is 131 Å². The molecule has 3 aromatic heterocycles. The van der Waals surface area contributed by atoms with Crippen LogP contribution in [-0.2, 0) is 6.54 Å². The summed E-state index contributed by atoms with van der Waals surface area (Å²) in [7, 11) is 0. The molecule has 0 amide bonds. The predicted octanol–water partition coefficient (Wildman–Crippen LogP) is 3.43.